The zero-order valence-corrected chi connectivity index (χ0v) is 13.5. The first-order valence-corrected chi connectivity index (χ1v) is 7.69. The second kappa shape index (κ2) is 7.55. The summed E-state index contributed by atoms with van der Waals surface area (Å²) in [5.74, 6) is -1.95. The SMILES string of the molecule is CCCCCCN=C1OC(C(F)(F)F)=[n+]2cc/c(=C(/[O-])OC)cc21. The van der Waals surface area contributed by atoms with Gasteiger partial charge in [0, 0.05) is 23.9 Å². The number of fused-ring (bicyclic) bond motifs is 1. The number of nitrogens with zero attached hydrogens (tertiary/aromatic N) is 2. The lowest BCUT2D eigenvalue weighted by molar-refractivity contribution is -0.551. The molecule has 0 aromatic carbocycles. The Morgan fingerprint density at radius 2 is 2.08 bits per heavy atom. The Morgan fingerprint density at radius 3 is 2.71 bits per heavy atom. The van der Waals surface area contributed by atoms with Crippen LogP contribution in [0, 0.1) is 5.90 Å². The molecule has 0 fully saturated rings. The molecule has 5 nitrogen and oxygen atoms in total. The van der Waals surface area contributed by atoms with Gasteiger partial charge in [0.1, 0.15) is 0 Å². The summed E-state index contributed by atoms with van der Waals surface area (Å²) in [6.07, 6.45) is 0.281. The fraction of sp³-hybridized carbons (Fsp3) is 0.500. The highest BCUT2D eigenvalue weighted by Crippen LogP contribution is 2.25. The molecular formula is C16H19F3N2O3. The number of rotatable bonds is 6. The molecule has 2 rings (SSSR count). The molecule has 0 aliphatic carbocycles. The molecule has 1 aliphatic heterocycles. The number of aliphatic imine (C=N–C) groups is 1. The maximum Gasteiger partial charge on any atom is 0.518 e. The summed E-state index contributed by atoms with van der Waals surface area (Å²) >= 11 is 0. The van der Waals surface area contributed by atoms with E-state index >= 15 is 0 Å². The zero-order valence-electron chi connectivity index (χ0n) is 13.5. The Bertz CT molecular complexity index is 742. The summed E-state index contributed by atoms with van der Waals surface area (Å²) in [4.78, 5) is 4.13. The average Bonchev–Trinajstić information content (AvgIpc) is 2.92. The van der Waals surface area contributed by atoms with Crippen LogP contribution >= 0.6 is 0 Å². The Kier molecular flexibility index (Phi) is 5.69. The van der Waals surface area contributed by atoms with Crippen LogP contribution in [0.1, 0.15) is 38.3 Å². The van der Waals surface area contributed by atoms with E-state index in [0.29, 0.717) is 6.54 Å². The molecule has 2 heterocycles. The van der Waals surface area contributed by atoms with E-state index in [1.165, 1.54) is 19.2 Å². The number of pyridine rings is 1. The number of unbranched alkanes of at least 4 members (excludes halogenated alkanes) is 3. The van der Waals surface area contributed by atoms with Crippen molar-refractivity contribution >= 4 is 11.8 Å². The van der Waals surface area contributed by atoms with Crippen LogP contribution in [0.5, 0.6) is 0 Å². The van der Waals surface area contributed by atoms with E-state index in [-0.39, 0.29) is 16.8 Å². The van der Waals surface area contributed by atoms with Crippen LogP contribution < -0.4 is 14.6 Å². The van der Waals surface area contributed by atoms with Gasteiger partial charge in [-0.1, -0.05) is 26.2 Å². The third kappa shape index (κ3) is 3.98. The third-order valence-corrected chi connectivity index (χ3v) is 3.52. The first-order valence-electron chi connectivity index (χ1n) is 7.69. The summed E-state index contributed by atoms with van der Waals surface area (Å²) in [6, 6.07) is 2.53. The largest absolute Gasteiger partial charge is 0.616 e. The van der Waals surface area contributed by atoms with Crippen molar-refractivity contribution in [3.05, 3.63) is 35.1 Å². The van der Waals surface area contributed by atoms with E-state index < -0.39 is 18.0 Å². The van der Waals surface area contributed by atoms with Gasteiger partial charge in [0.2, 0.25) is 0 Å². The number of methoxy groups -OCH3 is 1. The summed E-state index contributed by atoms with van der Waals surface area (Å²) in [5, 5.41) is 11.7. The zero-order chi connectivity index (χ0) is 17.7. The van der Waals surface area contributed by atoms with Gasteiger partial charge in [0.15, 0.2) is 6.20 Å². The van der Waals surface area contributed by atoms with Gasteiger partial charge in [-0.25, -0.2) is 4.99 Å². The molecule has 0 bridgehead atoms. The lowest BCUT2D eigenvalue weighted by atomic mass is 10.2. The molecule has 0 unspecified atom stereocenters. The van der Waals surface area contributed by atoms with Crippen LogP contribution in [0.2, 0.25) is 0 Å². The second-order valence-corrected chi connectivity index (χ2v) is 5.31. The van der Waals surface area contributed by atoms with Crippen molar-refractivity contribution in [2.75, 3.05) is 13.7 Å². The monoisotopic (exact) mass is 344 g/mol. The molecule has 8 heteroatoms. The summed E-state index contributed by atoms with van der Waals surface area (Å²) in [6.45, 7) is 2.43. The van der Waals surface area contributed by atoms with E-state index in [2.05, 4.69) is 16.7 Å². The van der Waals surface area contributed by atoms with Crippen LogP contribution in [0.4, 0.5) is 13.2 Å². The van der Waals surface area contributed by atoms with Crippen molar-refractivity contribution in [1.82, 2.24) is 0 Å². The Morgan fingerprint density at radius 1 is 1.33 bits per heavy atom. The van der Waals surface area contributed by atoms with Gasteiger partial charge in [0.05, 0.1) is 5.95 Å². The highest BCUT2D eigenvalue weighted by atomic mass is 19.4. The lowest BCUT2D eigenvalue weighted by Gasteiger charge is -2.06. The predicted molar refractivity (Wildman–Crippen MR) is 78.0 cm³/mol. The van der Waals surface area contributed by atoms with Crippen LogP contribution in [-0.2, 0) is 9.47 Å². The van der Waals surface area contributed by atoms with E-state index in [1.54, 1.807) is 0 Å². The predicted octanol–water partition coefficient (Wildman–Crippen LogP) is 1.30. The van der Waals surface area contributed by atoms with Crippen molar-refractivity contribution in [2.45, 2.75) is 38.8 Å². The number of hydrogen-bond acceptors (Lipinski definition) is 4. The van der Waals surface area contributed by atoms with Gasteiger partial charge in [-0.3, -0.25) is 0 Å². The first-order chi connectivity index (χ1) is 11.4. The quantitative estimate of drug-likeness (QED) is 0.577. The topological polar surface area (TPSA) is 59.8 Å². The molecule has 1 aliphatic rings. The minimum atomic E-state index is -4.66. The molecule has 0 saturated carbocycles. The molecule has 0 saturated heterocycles. The van der Waals surface area contributed by atoms with Crippen molar-refractivity contribution in [3.8, 4) is 0 Å². The Hall–Kier alpha value is -2.25. The minimum absolute atomic E-state index is 0.0840. The maximum absolute atomic E-state index is 13.1. The van der Waals surface area contributed by atoms with Gasteiger partial charge in [0.25, 0.3) is 11.6 Å². The van der Waals surface area contributed by atoms with Gasteiger partial charge in [-0.05, 0) is 13.5 Å². The average molecular weight is 344 g/mol. The van der Waals surface area contributed by atoms with E-state index in [0.717, 1.165) is 36.1 Å². The molecule has 0 atom stereocenters. The lowest BCUT2D eigenvalue weighted by Crippen LogP contribution is -2.33. The summed E-state index contributed by atoms with van der Waals surface area (Å²) in [5.41, 5.74) is 0.0840. The van der Waals surface area contributed by atoms with E-state index in [4.69, 9.17) is 4.74 Å². The summed E-state index contributed by atoms with van der Waals surface area (Å²) < 4.78 is 49.7. The fourth-order valence-corrected chi connectivity index (χ4v) is 2.31. The van der Waals surface area contributed by atoms with Gasteiger partial charge < -0.3 is 14.6 Å². The molecule has 132 valence electrons. The molecule has 1 aromatic heterocycles. The smallest absolute Gasteiger partial charge is 0.518 e. The van der Waals surface area contributed by atoms with Crippen molar-refractivity contribution in [3.63, 3.8) is 0 Å². The van der Waals surface area contributed by atoms with Gasteiger partial charge in [-0.2, -0.15) is 13.2 Å². The van der Waals surface area contributed by atoms with Crippen LogP contribution in [0.3, 0.4) is 0 Å². The number of alkyl halides is 3. The first kappa shape index (κ1) is 18.1. The fourth-order valence-electron chi connectivity index (χ4n) is 2.31. The van der Waals surface area contributed by atoms with Crippen LogP contribution in [0.25, 0.3) is 5.95 Å². The number of ether oxygens (including phenoxy) is 2. The second-order valence-electron chi connectivity index (χ2n) is 5.31. The molecular weight excluding hydrogens is 325 g/mol. The summed E-state index contributed by atoms with van der Waals surface area (Å²) in [7, 11) is 1.20. The highest BCUT2D eigenvalue weighted by molar-refractivity contribution is 5.92. The molecule has 1 aromatic rings. The normalized spacial score (nSPS) is 16.9. The van der Waals surface area contributed by atoms with E-state index in [1.807, 2.05) is 0 Å². The molecule has 24 heavy (non-hydrogen) atoms. The van der Waals surface area contributed by atoms with E-state index in [9.17, 15) is 18.3 Å². The third-order valence-electron chi connectivity index (χ3n) is 3.52. The van der Waals surface area contributed by atoms with Crippen LogP contribution in [0.15, 0.2) is 23.3 Å². The molecule has 0 N–H and O–H groups in total. The Balaban J connectivity index is 2.41. The van der Waals surface area contributed by atoms with Crippen molar-refractivity contribution < 1.29 is 32.0 Å². The van der Waals surface area contributed by atoms with Crippen molar-refractivity contribution in [1.29, 1.82) is 0 Å². The Labute approximate surface area is 137 Å². The van der Waals surface area contributed by atoms with Gasteiger partial charge in [-0.15, -0.1) is 4.24 Å². The maximum atomic E-state index is 13.1. The van der Waals surface area contributed by atoms with Gasteiger partial charge >= 0.3 is 12.1 Å². The standard InChI is InChI=1S/C16H19F3N2O3/c1-3-4-5-6-8-20-13-12-10-11(14(22)23-2)7-9-21(12)15(24-13)16(17,18)19/h7,9-10H,3-6,8H2,1-2H3. The molecule has 0 amide bonds. The van der Waals surface area contributed by atoms with Crippen molar-refractivity contribution in [2.24, 2.45) is 4.99 Å². The number of hydrogen-bond donors (Lipinski definition) is 0. The van der Waals surface area contributed by atoms with Crippen LogP contribution in [-0.4, -0.2) is 25.7 Å². The number of halogens is 3. The molecule has 0 spiro atoms. The number of aromatic nitrogens is 1. The highest BCUT2D eigenvalue weighted by Gasteiger charge is 2.51. The molecule has 0 radical (unpaired) electrons. The minimum Gasteiger partial charge on any atom is -0.616 e.